The van der Waals surface area contributed by atoms with E-state index in [-0.39, 0.29) is 24.1 Å². The quantitative estimate of drug-likeness (QED) is 0.269. The van der Waals surface area contributed by atoms with Crippen molar-refractivity contribution in [3.8, 4) is 28.5 Å². The summed E-state index contributed by atoms with van der Waals surface area (Å²) < 4.78 is 36.4. The molecule has 39 heavy (non-hydrogen) atoms. The number of hydrogen-bond acceptors (Lipinski definition) is 6. The van der Waals surface area contributed by atoms with Crippen LogP contribution in [0.4, 0.5) is 4.39 Å². The van der Waals surface area contributed by atoms with Crippen LogP contribution in [-0.4, -0.2) is 56.4 Å². The monoisotopic (exact) mass is 530 g/mol. The molecule has 0 saturated carbocycles. The number of pyridine rings is 1. The molecule has 8 heteroatoms. The number of aromatic nitrogens is 1. The molecule has 1 aliphatic rings. The normalized spacial score (nSPS) is 14.8. The molecule has 1 fully saturated rings. The molecule has 5 rings (SSSR count). The molecule has 4 aromatic rings. The molecule has 202 valence electrons. The smallest absolute Gasteiger partial charge is 0.254 e. The minimum atomic E-state index is -0.455. The predicted octanol–water partition coefficient (Wildman–Crippen LogP) is 5.89. The Kier molecular flexibility index (Phi) is 7.93. The number of halogens is 1. The number of rotatable bonds is 9. The van der Waals surface area contributed by atoms with Gasteiger partial charge in [-0.15, -0.1) is 0 Å². The van der Waals surface area contributed by atoms with Gasteiger partial charge in [0.25, 0.3) is 5.91 Å². The number of carbonyl (C=O) groups is 1. The Morgan fingerprint density at radius 1 is 1.00 bits per heavy atom. The molecule has 3 aromatic carbocycles. The average molecular weight is 531 g/mol. The van der Waals surface area contributed by atoms with Gasteiger partial charge in [0, 0.05) is 42.3 Å². The van der Waals surface area contributed by atoms with Gasteiger partial charge in [-0.2, -0.15) is 0 Å². The summed E-state index contributed by atoms with van der Waals surface area (Å²) in [7, 11) is 4.79. The molecule has 7 nitrogen and oxygen atoms in total. The molecule has 0 spiro atoms. The molecule has 1 saturated heterocycles. The highest BCUT2D eigenvalue weighted by atomic mass is 19.1. The van der Waals surface area contributed by atoms with Crippen molar-refractivity contribution in [2.24, 2.45) is 0 Å². The minimum Gasteiger partial charge on any atom is -0.497 e. The summed E-state index contributed by atoms with van der Waals surface area (Å²) in [6.45, 7) is 1.30. The summed E-state index contributed by atoms with van der Waals surface area (Å²) in [6, 6.07) is 19.1. The molecule has 1 aliphatic heterocycles. The van der Waals surface area contributed by atoms with E-state index < -0.39 is 5.82 Å². The fourth-order valence-corrected chi connectivity index (χ4v) is 4.95. The van der Waals surface area contributed by atoms with Crippen LogP contribution in [0.2, 0.25) is 0 Å². The second kappa shape index (κ2) is 11.7. The van der Waals surface area contributed by atoms with E-state index in [1.807, 2.05) is 42.5 Å². The first-order chi connectivity index (χ1) is 19.0. The standard InChI is InChI=1S/C31H31FN2O5/c1-36-25-10-5-7-20(15-25)30-23(13-22-16-28(37-2)29(38-3)17-27(22)33-30)18-34(19-26-11-6-12-39-26)31(35)21-8-4-9-24(32)14-21/h4-5,7-10,13-17,26H,6,11-12,18-19H2,1-3H3/t26-/m0/s1. The van der Waals surface area contributed by atoms with Gasteiger partial charge in [-0.25, -0.2) is 9.37 Å². The first-order valence-electron chi connectivity index (χ1n) is 12.9. The zero-order valence-electron chi connectivity index (χ0n) is 22.3. The zero-order valence-corrected chi connectivity index (χ0v) is 22.3. The highest BCUT2D eigenvalue weighted by Gasteiger charge is 2.26. The van der Waals surface area contributed by atoms with Gasteiger partial charge < -0.3 is 23.8 Å². The van der Waals surface area contributed by atoms with Crippen LogP contribution in [0.1, 0.15) is 28.8 Å². The van der Waals surface area contributed by atoms with Crippen molar-refractivity contribution in [3.05, 3.63) is 83.7 Å². The Morgan fingerprint density at radius 2 is 1.79 bits per heavy atom. The molecular weight excluding hydrogens is 499 g/mol. The van der Waals surface area contributed by atoms with Gasteiger partial charge >= 0.3 is 0 Å². The fourth-order valence-electron chi connectivity index (χ4n) is 4.95. The van der Waals surface area contributed by atoms with Gasteiger partial charge in [-0.1, -0.05) is 18.2 Å². The van der Waals surface area contributed by atoms with Crippen molar-refractivity contribution in [2.45, 2.75) is 25.5 Å². The minimum absolute atomic E-state index is 0.0828. The largest absolute Gasteiger partial charge is 0.497 e. The average Bonchev–Trinajstić information content (AvgIpc) is 3.48. The summed E-state index contributed by atoms with van der Waals surface area (Å²) in [5, 5.41) is 0.838. The van der Waals surface area contributed by atoms with Crippen LogP contribution in [0, 0.1) is 5.82 Å². The van der Waals surface area contributed by atoms with Crippen molar-refractivity contribution in [3.63, 3.8) is 0 Å². The molecule has 0 unspecified atom stereocenters. The lowest BCUT2D eigenvalue weighted by atomic mass is 10.0. The van der Waals surface area contributed by atoms with Crippen molar-refractivity contribution >= 4 is 16.8 Å². The summed E-state index contributed by atoms with van der Waals surface area (Å²) in [5.74, 6) is 1.12. The number of carbonyl (C=O) groups excluding carboxylic acids is 1. The van der Waals surface area contributed by atoms with Crippen LogP contribution in [0.15, 0.2) is 66.7 Å². The van der Waals surface area contributed by atoms with Gasteiger partial charge in [-0.3, -0.25) is 4.79 Å². The third-order valence-corrected chi connectivity index (χ3v) is 6.91. The van der Waals surface area contributed by atoms with Gasteiger partial charge in [0.1, 0.15) is 11.6 Å². The van der Waals surface area contributed by atoms with Crippen molar-refractivity contribution < 1.29 is 28.1 Å². The molecule has 0 radical (unpaired) electrons. The second-order valence-corrected chi connectivity index (χ2v) is 9.46. The number of hydrogen-bond donors (Lipinski definition) is 0. The number of methoxy groups -OCH3 is 3. The highest BCUT2D eigenvalue weighted by Crippen LogP contribution is 2.35. The maximum atomic E-state index is 14.0. The van der Waals surface area contributed by atoms with E-state index in [2.05, 4.69) is 0 Å². The Balaban J connectivity index is 1.63. The van der Waals surface area contributed by atoms with Gasteiger partial charge in [0.05, 0.1) is 38.6 Å². The predicted molar refractivity (Wildman–Crippen MR) is 147 cm³/mol. The van der Waals surface area contributed by atoms with E-state index >= 15 is 0 Å². The molecule has 0 N–H and O–H groups in total. The summed E-state index contributed by atoms with van der Waals surface area (Å²) >= 11 is 0. The highest BCUT2D eigenvalue weighted by molar-refractivity contribution is 5.94. The van der Waals surface area contributed by atoms with E-state index in [0.717, 1.165) is 34.9 Å². The van der Waals surface area contributed by atoms with Gasteiger partial charge in [-0.05, 0) is 60.9 Å². The molecule has 1 atom stereocenters. The molecule has 0 bridgehead atoms. The van der Waals surface area contributed by atoms with E-state index in [4.69, 9.17) is 23.9 Å². The maximum Gasteiger partial charge on any atom is 0.254 e. The summed E-state index contributed by atoms with van der Waals surface area (Å²) in [6.07, 6.45) is 1.73. The van der Waals surface area contributed by atoms with Crippen LogP contribution in [-0.2, 0) is 11.3 Å². The SMILES string of the molecule is COc1cccc(-c2nc3cc(OC)c(OC)cc3cc2CN(C[C@@H]2CCCO2)C(=O)c2cccc(F)c2)c1. The summed E-state index contributed by atoms with van der Waals surface area (Å²) in [4.78, 5) is 20.4. The van der Waals surface area contributed by atoms with E-state index in [9.17, 15) is 9.18 Å². The lowest BCUT2D eigenvalue weighted by molar-refractivity contribution is 0.0507. The fraction of sp³-hybridized carbons (Fsp3) is 0.290. The van der Waals surface area contributed by atoms with Crippen LogP contribution >= 0.6 is 0 Å². The first kappa shape index (κ1) is 26.4. The third kappa shape index (κ3) is 5.81. The van der Waals surface area contributed by atoms with Crippen molar-refractivity contribution in [2.75, 3.05) is 34.5 Å². The number of fused-ring (bicyclic) bond motifs is 1. The molecular formula is C31H31FN2O5. The Labute approximate surface area is 227 Å². The lowest BCUT2D eigenvalue weighted by Crippen LogP contribution is -2.37. The van der Waals surface area contributed by atoms with Gasteiger partial charge in [0.15, 0.2) is 11.5 Å². The zero-order chi connectivity index (χ0) is 27.4. The number of nitrogens with zero attached hydrogens (tertiary/aromatic N) is 2. The Morgan fingerprint density at radius 3 is 2.51 bits per heavy atom. The lowest BCUT2D eigenvalue weighted by Gasteiger charge is -2.27. The third-order valence-electron chi connectivity index (χ3n) is 6.91. The molecule has 2 heterocycles. The van der Waals surface area contributed by atoms with Crippen LogP contribution in [0.5, 0.6) is 17.2 Å². The molecule has 1 aromatic heterocycles. The number of benzene rings is 3. The number of ether oxygens (including phenoxy) is 4. The topological polar surface area (TPSA) is 70.1 Å². The molecule has 1 amide bonds. The molecule has 0 aliphatic carbocycles. The van der Waals surface area contributed by atoms with E-state index in [1.165, 1.54) is 12.1 Å². The van der Waals surface area contributed by atoms with E-state index in [1.54, 1.807) is 38.4 Å². The Hall–Kier alpha value is -4.17. The van der Waals surface area contributed by atoms with E-state index in [0.29, 0.717) is 36.1 Å². The second-order valence-electron chi connectivity index (χ2n) is 9.46. The van der Waals surface area contributed by atoms with Gasteiger partial charge in [0.2, 0.25) is 0 Å². The summed E-state index contributed by atoms with van der Waals surface area (Å²) in [5.41, 5.74) is 3.38. The number of amides is 1. The first-order valence-corrected chi connectivity index (χ1v) is 12.9. The van der Waals surface area contributed by atoms with Crippen LogP contribution in [0.25, 0.3) is 22.2 Å². The van der Waals surface area contributed by atoms with Crippen molar-refractivity contribution in [1.29, 1.82) is 0 Å². The Bertz CT molecular complexity index is 1490. The van der Waals surface area contributed by atoms with Crippen LogP contribution < -0.4 is 14.2 Å². The maximum absolute atomic E-state index is 14.0. The van der Waals surface area contributed by atoms with Crippen molar-refractivity contribution in [1.82, 2.24) is 9.88 Å². The van der Waals surface area contributed by atoms with Crippen LogP contribution in [0.3, 0.4) is 0 Å².